The summed E-state index contributed by atoms with van der Waals surface area (Å²) in [6.45, 7) is 10.2. The smallest absolute Gasteiger partial charge is 0.0298 e. The van der Waals surface area contributed by atoms with E-state index in [4.69, 9.17) is 0 Å². The molecule has 0 aromatic carbocycles. The molecule has 4 saturated carbocycles. The van der Waals surface area contributed by atoms with Crippen LogP contribution in [0.15, 0.2) is 0 Å². The fourth-order valence-corrected chi connectivity index (χ4v) is 8.80. The summed E-state index contributed by atoms with van der Waals surface area (Å²) in [5, 5.41) is 0. The van der Waals surface area contributed by atoms with Crippen LogP contribution in [0.25, 0.3) is 0 Å². The third-order valence-electron chi connectivity index (χ3n) is 11.7. The second-order valence-corrected chi connectivity index (χ2v) is 14.3. The van der Waals surface area contributed by atoms with Gasteiger partial charge in [0.05, 0.1) is 0 Å². The molecule has 4 rings (SSSR count). The molecule has 0 spiro atoms. The topological polar surface area (TPSA) is 0 Å². The summed E-state index contributed by atoms with van der Waals surface area (Å²) in [6, 6.07) is 0. The molecular weight excluding hydrogens is 384 g/mol. The lowest BCUT2D eigenvalue weighted by Gasteiger charge is -2.46. The highest BCUT2D eigenvalue weighted by atomic mass is 14.4. The van der Waals surface area contributed by atoms with Gasteiger partial charge in [-0.25, -0.2) is 0 Å². The Bertz CT molecular complexity index is 514. The average Bonchev–Trinajstić information content (AvgIpc) is 2.81. The van der Waals surface area contributed by atoms with E-state index in [2.05, 4.69) is 27.7 Å². The highest BCUT2D eigenvalue weighted by molar-refractivity contribution is 4.90. The van der Waals surface area contributed by atoms with Crippen molar-refractivity contribution in [2.45, 2.75) is 150 Å². The van der Waals surface area contributed by atoms with Crippen molar-refractivity contribution in [3.63, 3.8) is 0 Å². The van der Waals surface area contributed by atoms with Gasteiger partial charge < -0.3 is 0 Å². The Morgan fingerprint density at radius 1 is 0.438 bits per heavy atom. The molecule has 0 bridgehead atoms. The summed E-state index contributed by atoms with van der Waals surface area (Å²) in [4.78, 5) is 0. The number of hydrogen-bond donors (Lipinski definition) is 0. The maximum atomic E-state index is 2.64. The molecule has 4 aliphatic rings. The lowest BCUT2D eigenvalue weighted by molar-refractivity contribution is 0.0386. The van der Waals surface area contributed by atoms with Crippen LogP contribution in [0.2, 0.25) is 0 Å². The largest absolute Gasteiger partial charge is 0.0625 e. The van der Waals surface area contributed by atoms with E-state index >= 15 is 0 Å². The van der Waals surface area contributed by atoms with Gasteiger partial charge in [0, 0.05) is 0 Å². The highest BCUT2D eigenvalue weighted by Gasteiger charge is 2.40. The molecule has 0 nitrogen and oxygen atoms in total. The molecule has 32 heavy (non-hydrogen) atoms. The van der Waals surface area contributed by atoms with Crippen LogP contribution in [-0.2, 0) is 0 Å². The van der Waals surface area contributed by atoms with Crippen molar-refractivity contribution in [1.82, 2.24) is 0 Å². The van der Waals surface area contributed by atoms with Gasteiger partial charge in [-0.3, -0.25) is 0 Å². The zero-order valence-electron chi connectivity index (χ0n) is 22.6. The van der Waals surface area contributed by atoms with Gasteiger partial charge in [-0.15, -0.1) is 0 Å². The lowest BCUT2D eigenvalue weighted by Crippen LogP contribution is -2.37. The molecule has 0 unspecified atom stereocenters. The molecule has 0 N–H and O–H groups in total. The molecular formula is C32H58. The monoisotopic (exact) mass is 442 g/mol. The molecule has 0 aromatic rings. The van der Waals surface area contributed by atoms with Crippen molar-refractivity contribution in [2.24, 2.45) is 52.8 Å². The summed E-state index contributed by atoms with van der Waals surface area (Å²) in [6.07, 6.45) is 29.3. The number of rotatable bonds is 7. The first-order valence-electron chi connectivity index (χ1n) is 15.4. The first-order chi connectivity index (χ1) is 15.4. The van der Waals surface area contributed by atoms with Gasteiger partial charge in [-0.2, -0.15) is 0 Å². The van der Waals surface area contributed by atoms with Crippen LogP contribution in [0.1, 0.15) is 150 Å². The van der Waals surface area contributed by atoms with Crippen molar-refractivity contribution in [2.75, 3.05) is 0 Å². The predicted molar refractivity (Wildman–Crippen MR) is 141 cm³/mol. The van der Waals surface area contributed by atoms with Crippen molar-refractivity contribution in [1.29, 1.82) is 0 Å². The maximum Gasteiger partial charge on any atom is -0.0298 e. The minimum atomic E-state index is 0.597. The summed E-state index contributed by atoms with van der Waals surface area (Å²) >= 11 is 0. The van der Waals surface area contributed by atoms with Gasteiger partial charge in [0.2, 0.25) is 0 Å². The Labute approximate surface area is 202 Å². The van der Waals surface area contributed by atoms with Crippen LogP contribution < -0.4 is 0 Å². The van der Waals surface area contributed by atoms with E-state index in [1.807, 2.05) is 0 Å². The van der Waals surface area contributed by atoms with E-state index in [9.17, 15) is 0 Å². The molecule has 4 aliphatic carbocycles. The van der Waals surface area contributed by atoms with Crippen LogP contribution in [-0.4, -0.2) is 0 Å². The summed E-state index contributed by atoms with van der Waals surface area (Å²) < 4.78 is 0. The fraction of sp³-hybridized carbons (Fsp3) is 1.00. The van der Waals surface area contributed by atoms with Gasteiger partial charge in [-0.1, -0.05) is 118 Å². The van der Waals surface area contributed by atoms with Gasteiger partial charge in [-0.05, 0) is 84.9 Å². The average molecular weight is 443 g/mol. The highest BCUT2D eigenvalue weighted by Crippen LogP contribution is 2.50. The lowest BCUT2D eigenvalue weighted by atomic mass is 9.59. The Morgan fingerprint density at radius 3 is 1.22 bits per heavy atom. The second kappa shape index (κ2) is 11.6. The van der Waals surface area contributed by atoms with E-state index in [-0.39, 0.29) is 0 Å². The first kappa shape index (κ1) is 25.1. The Balaban J connectivity index is 1.10. The minimum Gasteiger partial charge on any atom is -0.0625 e. The molecule has 0 aromatic heterocycles. The van der Waals surface area contributed by atoms with Gasteiger partial charge in [0.15, 0.2) is 0 Å². The van der Waals surface area contributed by atoms with E-state index in [1.165, 1.54) is 51.4 Å². The predicted octanol–water partition coefficient (Wildman–Crippen LogP) is 10.4. The van der Waals surface area contributed by atoms with Crippen LogP contribution in [0.4, 0.5) is 0 Å². The standard InChI is InChI=1S/C32H58/c1-24-5-9-28(10-6-24)23-29-15-13-26(14-16-29)11-12-27-17-21-31(22-18-27)32(3,4)30-19-7-25(2)8-20-30/h24-31H,5-23H2,1-4H3. The normalized spacial score (nSPS) is 42.0. The van der Waals surface area contributed by atoms with Crippen molar-refractivity contribution in [3.05, 3.63) is 0 Å². The zero-order valence-corrected chi connectivity index (χ0v) is 22.6. The third kappa shape index (κ3) is 6.78. The van der Waals surface area contributed by atoms with Crippen LogP contribution in [0.5, 0.6) is 0 Å². The quantitative estimate of drug-likeness (QED) is 0.368. The molecule has 0 heteroatoms. The SMILES string of the molecule is CC1CCC(CC2CCC(CCC3CCC(C(C)(C)C4CCC(C)CC4)CC3)CC2)CC1. The summed E-state index contributed by atoms with van der Waals surface area (Å²) in [7, 11) is 0. The summed E-state index contributed by atoms with van der Waals surface area (Å²) in [5.74, 6) is 8.34. The molecule has 0 atom stereocenters. The second-order valence-electron chi connectivity index (χ2n) is 14.3. The molecule has 0 radical (unpaired) electrons. The molecule has 4 fully saturated rings. The van der Waals surface area contributed by atoms with E-state index in [0.29, 0.717) is 5.41 Å². The first-order valence-corrected chi connectivity index (χ1v) is 15.4. The van der Waals surface area contributed by atoms with Gasteiger partial charge >= 0.3 is 0 Å². The molecule has 0 heterocycles. The zero-order chi connectivity index (χ0) is 22.6. The molecule has 186 valence electrons. The van der Waals surface area contributed by atoms with E-state index < -0.39 is 0 Å². The van der Waals surface area contributed by atoms with Gasteiger partial charge in [0.25, 0.3) is 0 Å². The molecule has 0 aliphatic heterocycles. The third-order valence-corrected chi connectivity index (χ3v) is 11.7. The van der Waals surface area contributed by atoms with Crippen molar-refractivity contribution >= 4 is 0 Å². The Morgan fingerprint density at radius 2 is 0.750 bits per heavy atom. The molecule has 0 saturated heterocycles. The minimum absolute atomic E-state index is 0.597. The Hall–Kier alpha value is 0. The molecule has 0 amide bonds. The van der Waals surface area contributed by atoms with Crippen molar-refractivity contribution < 1.29 is 0 Å². The number of hydrogen-bond acceptors (Lipinski definition) is 0. The summed E-state index contributed by atoms with van der Waals surface area (Å²) in [5.41, 5.74) is 0.597. The van der Waals surface area contributed by atoms with E-state index in [1.54, 1.807) is 70.6 Å². The maximum absolute atomic E-state index is 2.64. The van der Waals surface area contributed by atoms with E-state index in [0.717, 1.165) is 47.3 Å². The van der Waals surface area contributed by atoms with Crippen LogP contribution in [0, 0.1) is 52.8 Å². The van der Waals surface area contributed by atoms with Crippen molar-refractivity contribution in [3.8, 4) is 0 Å². The van der Waals surface area contributed by atoms with Crippen LogP contribution >= 0.6 is 0 Å². The van der Waals surface area contributed by atoms with Gasteiger partial charge in [0.1, 0.15) is 0 Å². The Kier molecular flexibility index (Phi) is 9.12. The fourth-order valence-electron chi connectivity index (χ4n) is 8.80. The van der Waals surface area contributed by atoms with Crippen LogP contribution in [0.3, 0.4) is 0 Å².